The number of hydrogen-bond donors (Lipinski definition) is 2. The van der Waals surface area contributed by atoms with Gasteiger partial charge in [-0.05, 0) is 35.9 Å². The third-order valence-corrected chi connectivity index (χ3v) is 4.18. The standard InChI is InChI=1S/C18H18BrN3O/c1-11(2)17(23)9-12-3-6-14(7-4-12)20-18-21-15-8-5-13(19)10-16(15)22-18/h3-8,10-11H,9H2,1-2H3,(H2,20,21,22). The zero-order valence-corrected chi connectivity index (χ0v) is 14.6. The van der Waals surface area contributed by atoms with E-state index in [-0.39, 0.29) is 11.7 Å². The predicted octanol–water partition coefficient (Wildman–Crippen LogP) is 4.84. The summed E-state index contributed by atoms with van der Waals surface area (Å²) in [5.74, 6) is 1.03. The Balaban J connectivity index is 1.73. The molecule has 3 aromatic rings. The first kappa shape index (κ1) is 15.7. The van der Waals surface area contributed by atoms with Crippen molar-refractivity contribution in [1.29, 1.82) is 0 Å². The zero-order valence-electron chi connectivity index (χ0n) is 13.1. The number of anilines is 2. The van der Waals surface area contributed by atoms with Crippen molar-refractivity contribution in [1.82, 2.24) is 9.97 Å². The van der Waals surface area contributed by atoms with E-state index in [0.29, 0.717) is 12.4 Å². The number of imidazole rings is 1. The normalized spacial score (nSPS) is 11.1. The summed E-state index contributed by atoms with van der Waals surface area (Å²) >= 11 is 3.45. The third-order valence-electron chi connectivity index (χ3n) is 3.68. The van der Waals surface area contributed by atoms with Crippen LogP contribution in [0.4, 0.5) is 11.6 Å². The van der Waals surface area contributed by atoms with Gasteiger partial charge in [-0.2, -0.15) is 0 Å². The molecule has 0 aliphatic rings. The average molecular weight is 372 g/mol. The van der Waals surface area contributed by atoms with Crippen molar-refractivity contribution in [2.45, 2.75) is 20.3 Å². The van der Waals surface area contributed by atoms with Crippen molar-refractivity contribution in [2.24, 2.45) is 5.92 Å². The van der Waals surface area contributed by atoms with Gasteiger partial charge in [0.05, 0.1) is 11.0 Å². The molecule has 5 heteroatoms. The van der Waals surface area contributed by atoms with Crippen LogP contribution in [0, 0.1) is 5.92 Å². The van der Waals surface area contributed by atoms with Gasteiger partial charge in [-0.1, -0.05) is 41.9 Å². The Bertz CT molecular complexity index is 837. The van der Waals surface area contributed by atoms with Crippen molar-refractivity contribution in [3.05, 3.63) is 52.5 Å². The highest BCUT2D eigenvalue weighted by atomic mass is 79.9. The number of Topliss-reactive ketones (excluding diaryl/α,β-unsaturated/α-hetero) is 1. The fourth-order valence-corrected chi connectivity index (χ4v) is 2.65. The van der Waals surface area contributed by atoms with Crippen molar-refractivity contribution >= 4 is 44.4 Å². The number of hydrogen-bond acceptors (Lipinski definition) is 3. The van der Waals surface area contributed by atoms with Gasteiger partial charge in [0.2, 0.25) is 5.95 Å². The Morgan fingerprint density at radius 3 is 2.65 bits per heavy atom. The predicted molar refractivity (Wildman–Crippen MR) is 97.1 cm³/mol. The summed E-state index contributed by atoms with van der Waals surface area (Å²) in [6, 6.07) is 13.8. The van der Waals surface area contributed by atoms with E-state index < -0.39 is 0 Å². The number of aromatic amines is 1. The molecule has 118 valence electrons. The first-order valence-corrected chi connectivity index (χ1v) is 8.34. The van der Waals surface area contributed by atoms with Crippen LogP contribution in [0.2, 0.25) is 0 Å². The summed E-state index contributed by atoms with van der Waals surface area (Å²) in [4.78, 5) is 19.5. The minimum Gasteiger partial charge on any atom is -0.326 e. The molecule has 0 atom stereocenters. The molecule has 3 rings (SSSR count). The molecule has 0 fully saturated rings. The van der Waals surface area contributed by atoms with Gasteiger partial charge in [-0.15, -0.1) is 0 Å². The van der Waals surface area contributed by atoms with Gasteiger partial charge in [-0.25, -0.2) is 4.98 Å². The van der Waals surface area contributed by atoms with Gasteiger partial charge in [0, 0.05) is 22.5 Å². The second-order valence-corrected chi connectivity index (χ2v) is 6.78. The van der Waals surface area contributed by atoms with Crippen molar-refractivity contribution in [2.75, 3.05) is 5.32 Å². The lowest BCUT2D eigenvalue weighted by Crippen LogP contribution is -2.10. The second kappa shape index (κ2) is 6.54. The third kappa shape index (κ3) is 3.79. The largest absolute Gasteiger partial charge is 0.326 e. The summed E-state index contributed by atoms with van der Waals surface area (Å²) in [7, 11) is 0. The number of benzene rings is 2. The number of H-pyrrole nitrogens is 1. The summed E-state index contributed by atoms with van der Waals surface area (Å²) in [6.45, 7) is 3.86. The molecular formula is C18H18BrN3O. The minimum absolute atomic E-state index is 0.0719. The van der Waals surface area contributed by atoms with Crippen molar-refractivity contribution in [3.63, 3.8) is 0 Å². The van der Waals surface area contributed by atoms with Crippen LogP contribution in [0.15, 0.2) is 46.9 Å². The zero-order chi connectivity index (χ0) is 16.4. The van der Waals surface area contributed by atoms with Crippen molar-refractivity contribution < 1.29 is 4.79 Å². The number of aromatic nitrogens is 2. The molecule has 23 heavy (non-hydrogen) atoms. The maximum Gasteiger partial charge on any atom is 0.205 e. The minimum atomic E-state index is 0.0719. The highest BCUT2D eigenvalue weighted by Crippen LogP contribution is 2.22. The second-order valence-electron chi connectivity index (χ2n) is 5.87. The highest BCUT2D eigenvalue weighted by molar-refractivity contribution is 9.10. The monoisotopic (exact) mass is 371 g/mol. The SMILES string of the molecule is CC(C)C(=O)Cc1ccc(Nc2nc3ccc(Br)cc3[nH]2)cc1. The Morgan fingerprint density at radius 2 is 1.96 bits per heavy atom. The molecule has 0 amide bonds. The van der Waals surface area contributed by atoms with Crippen molar-refractivity contribution in [3.8, 4) is 0 Å². The molecule has 1 heterocycles. The van der Waals surface area contributed by atoms with E-state index in [9.17, 15) is 4.79 Å². The topological polar surface area (TPSA) is 57.8 Å². The molecule has 2 aromatic carbocycles. The summed E-state index contributed by atoms with van der Waals surface area (Å²) in [6.07, 6.45) is 0.483. The number of ketones is 1. The first-order valence-electron chi connectivity index (χ1n) is 7.55. The van der Waals surface area contributed by atoms with E-state index in [4.69, 9.17) is 0 Å². The molecule has 0 aliphatic heterocycles. The van der Waals surface area contributed by atoms with Gasteiger partial charge in [-0.3, -0.25) is 4.79 Å². The first-order chi connectivity index (χ1) is 11.0. The van der Waals surface area contributed by atoms with Gasteiger partial charge in [0.15, 0.2) is 0 Å². The van der Waals surface area contributed by atoms with E-state index >= 15 is 0 Å². The number of carbonyl (C=O) groups is 1. The molecule has 0 spiro atoms. The van der Waals surface area contributed by atoms with E-state index in [0.717, 1.165) is 26.8 Å². The average Bonchev–Trinajstić information content (AvgIpc) is 2.90. The molecule has 0 saturated carbocycles. The summed E-state index contributed by atoms with van der Waals surface area (Å²) in [5.41, 5.74) is 3.85. The Kier molecular flexibility index (Phi) is 4.48. The summed E-state index contributed by atoms with van der Waals surface area (Å²) < 4.78 is 1.01. The molecule has 0 aliphatic carbocycles. The van der Waals surface area contributed by atoms with Crippen LogP contribution in [0.1, 0.15) is 19.4 Å². The molecule has 2 N–H and O–H groups in total. The number of carbonyl (C=O) groups excluding carboxylic acids is 1. The van der Waals surface area contributed by atoms with Crippen LogP contribution in [0.5, 0.6) is 0 Å². The molecule has 1 aromatic heterocycles. The number of fused-ring (bicyclic) bond motifs is 1. The van der Waals surface area contributed by atoms with Crippen LogP contribution < -0.4 is 5.32 Å². The fourth-order valence-electron chi connectivity index (χ4n) is 2.29. The molecule has 0 saturated heterocycles. The fraction of sp³-hybridized carbons (Fsp3) is 0.222. The number of rotatable bonds is 5. The molecule has 0 unspecified atom stereocenters. The lowest BCUT2D eigenvalue weighted by Gasteiger charge is -2.06. The maximum absolute atomic E-state index is 11.8. The van der Waals surface area contributed by atoms with E-state index in [2.05, 4.69) is 31.2 Å². The smallest absolute Gasteiger partial charge is 0.205 e. The Labute approximate surface area is 143 Å². The van der Waals surface area contributed by atoms with Crippen LogP contribution in [0.3, 0.4) is 0 Å². The number of nitrogens with one attached hydrogen (secondary N) is 2. The number of nitrogens with zero attached hydrogens (tertiary/aromatic N) is 1. The van der Waals surface area contributed by atoms with Crippen LogP contribution >= 0.6 is 15.9 Å². The van der Waals surface area contributed by atoms with Gasteiger partial charge < -0.3 is 10.3 Å². The van der Waals surface area contributed by atoms with Crippen LogP contribution in [0.25, 0.3) is 11.0 Å². The van der Waals surface area contributed by atoms with Gasteiger partial charge in [0.1, 0.15) is 5.78 Å². The van der Waals surface area contributed by atoms with Crippen LogP contribution in [-0.2, 0) is 11.2 Å². The lowest BCUT2D eigenvalue weighted by molar-refractivity contribution is -0.121. The molecule has 0 bridgehead atoms. The van der Waals surface area contributed by atoms with E-state index in [1.54, 1.807) is 0 Å². The molecule has 4 nitrogen and oxygen atoms in total. The Morgan fingerprint density at radius 1 is 1.22 bits per heavy atom. The van der Waals surface area contributed by atoms with Gasteiger partial charge in [0.25, 0.3) is 0 Å². The molecule has 0 radical (unpaired) electrons. The Hall–Kier alpha value is -2.14. The number of halogens is 1. The van der Waals surface area contributed by atoms with E-state index in [1.807, 2.05) is 56.3 Å². The van der Waals surface area contributed by atoms with Gasteiger partial charge >= 0.3 is 0 Å². The molecular weight excluding hydrogens is 354 g/mol. The lowest BCUT2D eigenvalue weighted by atomic mass is 10.0. The quantitative estimate of drug-likeness (QED) is 0.674. The highest BCUT2D eigenvalue weighted by Gasteiger charge is 2.08. The van der Waals surface area contributed by atoms with E-state index in [1.165, 1.54) is 0 Å². The van der Waals surface area contributed by atoms with Crippen LogP contribution in [-0.4, -0.2) is 15.8 Å². The maximum atomic E-state index is 11.8. The summed E-state index contributed by atoms with van der Waals surface area (Å²) in [5, 5.41) is 3.25.